The van der Waals surface area contributed by atoms with Crippen molar-refractivity contribution in [3.63, 3.8) is 0 Å². The van der Waals surface area contributed by atoms with E-state index in [-0.39, 0.29) is 12.4 Å². The van der Waals surface area contributed by atoms with Gasteiger partial charge in [-0.3, -0.25) is 0 Å². The van der Waals surface area contributed by atoms with Gasteiger partial charge in [0, 0.05) is 6.42 Å². The Bertz CT molecular complexity index is 210. The van der Waals surface area contributed by atoms with Gasteiger partial charge in [-0.2, -0.15) is 0 Å². The number of anilines is 1. The van der Waals surface area contributed by atoms with Gasteiger partial charge in [-0.05, 0) is 6.92 Å². The van der Waals surface area contributed by atoms with Gasteiger partial charge in [0.05, 0.1) is 5.69 Å². The van der Waals surface area contributed by atoms with Gasteiger partial charge in [0.25, 0.3) is 0 Å². The number of aryl methyl sites for hydroxylation is 2. The molecule has 1 rings (SSSR count). The highest BCUT2D eigenvalue weighted by Gasteiger charge is 2.04. The van der Waals surface area contributed by atoms with Crippen molar-refractivity contribution in [1.82, 2.24) is 5.16 Å². The zero-order valence-corrected chi connectivity index (χ0v) is 6.86. The number of nitrogens with two attached hydrogens (primary N) is 1. The summed E-state index contributed by atoms with van der Waals surface area (Å²) in [5.41, 5.74) is 7.03. The van der Waals surface area contributed by atoms with E-state index < -0.39 is 0 Å². The van der Waals surface area contributed by atoms with Crippen molar-refractivity contribution >= 4 is 18.1 Å². The summed E-state index contributed by atoms with van der Waals surface area (Å²) in [6, 6.07) is 0. The van der Waals surface area contributed by atoms with Crippen LogP contribution in [-0.4, -0.2) is 5.16 Å². The molecule has 0 aliphatic rings. The lowest BCUT2D eigenvalue weighted by Crippen LogP contribution is -1.88. The maximum absolute atomic E-state index is 5.56. The summed E-state index contributed by atoms with van der Waals surface area (Å²) in [4.78, 5) is 0. The second-order valence-corrected chi connectivity index (χ2v) is 1.96. The van der Waals surface area contributed by atoms with Crippen LogP contribution in [0.3, 0.4) is 0 Å². The van der Waals surface area contributed by atoms with Gasteiger partial charge in [0.1, 0.15) is 5.69 Å². The van der Waals surface area contributed by atoms with E-state index in [1.54, 1.807) is 0 Å². The molecule has 1 aromatic heterocycles. The minimum Gasteiger partial charge on any atom is -0.394 e. The maximum atomic E-state index is 5.56. The minimum absolute atomic E-state index is 0. The summed E-state index contributed by atoms with van der Waals surface area (Å²) < 4.78 is 4.87. The topological polar surface area (TPSA) is 52.0 Å². The zero-order chi connectivity index (χ0) is 6.85. The number of nitrogens with zero attached hydrogens (tertiary/aromatic N) is 1. The SMILES string of the molecule is CCc1onc(C)c1N.Cl. The van der Waals surface area contributed by atoms with Crippen LogP contribution >= 0.6 is 12.4 Å². The molecule has 0 atom stereocenters. The molecule has 0 spiro atoms. The lowest BCUT2D eigenvalue weighted by atomic mass is 10.3. The molecule has 10 heavy (non-hydrogen) atoms. The predicted octanol–water partition coefficient (Wildman–Crippen LogP) is 1.55. The quantitative estimate of drug-likeness (QED) is 0.682. The van der Waals surface area contributed by atoms with Crippen molar-refractivity contribution < 1.29 is 4.52 Å². The van der Waals surface area contributed by atoms with E-state index in [9.17, 15) is 0 Å². The first kappa shape index (κ1) is 9.30. The predicted molar refractivity (Wildman–Crippen MR) is 42.3 cm³/mol. The highest BCUT2D eigenvalue weighted by Crippen LogP contribution is 2.14. The normalized spacial score (nSPS) is 9.00. The van der Waals surface area contributed by atoms with Crippen molar-refractivity contribution in [2.45, 2.75) is 20.3 Å². The minimum atomic E-state index is 0. The molecule has 0 unspecified atom stereocenters. The second-order valence-electron chi connectivity index (χ2n) is 1.96. The highest BCUT2D eigenvalue weighted by atomic mass is 35.5. The molecular weight excluding hydrogens is 152 g/mol. The van der Waals surface area contributed by atoms with Crippen LogP contribution < -0.4 is 5.73 Å². The molecule has 0 bridgehead atoms. The van der Waals surface area contributed by atoms with Gasteiger partial charge in [-0.15, -0.1) is 12.4 Å². The fourth-order valence-electron chi connectivity index (χ4n) is 0.679. The Labute approximate surface area is 66.0 Å². The summed E-state index contributed by atoms with van der Waals surface area (Å²) in [7, 11) is 0. The van der Waals surface area contributed by atoms with Crippen molar-refractivity contribution in [1.29, 1.82) is 0 Å². The molecule has 1 aromatic rings. The first-order valence-corrected chi connectivity index (χ1v) is 2.96. The Hall–Kier alpha value is -0.700. The van der Waals surface area contributed by atoms with Crippen molar-refractivity contribution in [3.05, 3.63) is 11.5 Å². The molecular formula is C6H11ClN2O. The Balaban J connectivity index is 0.000000810. The number of halogens is 1. The molecule has 0 amide bonds. The monoisotopic (exact) mass is 162 g/mol. The molecule has 2 N–H and O–H groups in total. The van der Waals surface area contributed by atoms with Crippen LogP contribution in [0, 0.1) is 6.92 Å². The van der Waals surface area contributed by atoms with Gasteiger partial charge < -0.3 is 10.3 Å². The summed E-state index contributed by atoms with van der Waals surface area (Å²) in [6.07, 6.45) is 0.812. The van der Waals surface area contributed by atoms with E-state index in [0.717, 1.165) is 17.9 Å². The molecule has 58 valence electrons. The molecule has 0 saturated carbocycles. The van der Waals surface area contributed by atoms with Gasteiger partial charge in [-0.25, -0.2) is 0 Å². The molecule has 4 heteroatoms. The van der Waals surface area contributed by atoms with Crippen LogP contribution in [0.1, 0.15) is 18.4 Å². The Morgan fingerprint density at radius 2 is 2.20 bits per heavy atom. The van der Waals surface area contributed by atoms with Crippen molar-refractivity contribution in [2.75, 3.05) is 5.73 Å². The van der Waals surface area contributed by atoms with Crippen LogP contribution in [0.4, 0.5) is 5.69 Å². The molecule has 0 aliphatic carbocycles. The third-order valence-corrected chi connectivity index (χ3v) is 1.30. The van der Waals surface area contributed by atoms with Gasteiger partial charge >= 0.3 is 0 Å². The summed E-state index contributed by atoms with van der Waals surface area (Å²) in [5.74, 6) is 0.785. The Kier molecular flexibility index (Phi) is 3.22. The number of hydrogen-bond acceptors (Lipinski definition) is 3. The number of aromatic nitrogens is 1. The molecule has 0 aromatic carbocycles. The van der Waals surface area contributed by atoms with Crippen molar-refractivity contribution in [2.24, 2.45) is 0 Å². The standard InChI is InChI=1S/C6H10N2O.ClH/c1-3-5-6(7)4(2)8-9-5;/h3,7H2,1-2H3;1H. The van der Waals surface area contributed by atoms with Crippen LogP contribution in [0.15, 0.2) is 4.52 Å². The average molecular weight is 163 g/mol. The average Bonchev–Trinajstić information content (AvgIpc) is 2.15. The third kappa shape index (κ3) is 1.42. The Morgan fingerprint density at radius 3 is 2.40 bits per heavy atom. The van der Waals surface area contributed by atoms with E-state index in [4.69, 9.17) is 10.3 Å². The van der Waals surface area contributed by atoms with Gasteiger partial charge in [0.15, 0.2) is 5.76 Å². The lowest BCUT2D eigenvalue weighted by molar-refractivity contribution is 0.383. The first-order valence-electron chi connectivity index (χ1n) is 2.96. The molecule has 0 aliphatic heterocycles. The van der Waals surface area contributed by atoms with E-state index in [1.807, 2.05) is 13.8 Å². The first-order chi connectivity index (χ1) is 4.25. The number of hydrogen-bond donors (Lipinski definition) is 1. The smallest absolute Gasteiger partial charge is 0.159 e. The third-order valence-electron chi connectivity index (χ3n) is 1.30. The van der Waals surface area contributed by atoms with Gasteiger partial charge in [-0.1, -0.05) is 12.1 Å². The fourth-order valence-corrected chi connectivity index (χ4v) is 0.679. The largest absolute Gasteiger partial charge is 0.394 e. The van der Waals surface area contributed by atoms with E-state index in [1.165, 1.54) is 0 Å². The highest BCUT2D eigenvalue weighted by molar-refractivity contribution is 5.85. The molecule has 0 saturated heterocycles. The fraction of sp³-hybridized carbons (Fsp3) is 0.500. The van der Waals surface area contributed by atoms with E-state index in [2.05, 4.69) is 5.16 Å². The van der Waals surface area contributed by atoms with Crippen LogP contribution in [0.5, 0.6) is 0 Å². The van der Waals surface area contributed by atoms with Crippen LogP contribution in [0.25, 0.3) is 0 Å². The van der Waals surface area contributed by atoms with Crippen LogP contribution in [0.2, 0.25) is 0 Å². The second kappa shape index (κ2) is 3.46. The summed E-state index contributed by atoms with van der Waals surface area (Å²) in [6.45, 7) is 3.81. The molecule has 1 heterocycles. The summed E-state index contributed by atoms with van der Waals surface area (Å²) in [5, 5.41) is 3.69. The molecule has 3 nitrogen and oxygen atoms in total. The van der Waals surface area contributed by atoms with E-state index >= 15 is 0 Å². The summed E-state index contributed by atoms with van der Waals surface area (Å²) >= 11 is 0. The maximum Gasteiger partial charge on any atom is 0.159 e. The van der Waals surface area contributed by atoms with Crippen molar-refractivity contribution in [3.8, 4) is 0 Å². The van der Waals surface area contributed by atoms with E-state index in [0.29, 0.717) is 5.69 Å². The Morgan fingerprint density at radius 1 is 1.60 bits per heavy atom. The number of nitrogen functional groups attached to an aromatic ring is 1. The molecule has 0 fully saturated rings. The zero-order valence-electron chi connectivity index (χ0n) is 6.05. The number of rotatable bonds is 1. The van der Waals surface area contributed by atoms with Gasteiger partial charge in [0.2, 0.25) is 0 Å². The molecule has 0 radical (unpaired) electrons. The lowest BCUT2D eigenvalue weighted by Gasteiger charge is -1.86. The van der Waals surface area contributed by atoms with Crippen LogP contribution in [-0.2, 0) is 6.42 Å².